The van der Waals surface area contributed by atoms with E-state index in [1.54, 1.807) is 12.1 Å². The lowest BCUT2D eigenvalue weighted by molar-refractivity contribution is -0.138. The number of aromatic nitrogens is 3. The number of para-hydroxylation sites is 1. The van der Waals surface area contributed by atoms with Crippen LogP contribution in [-0.4, -0.2) is 21.1 Å². The zero-order chi connectivity index (χ0) is 18.3. The van der Waals surface area contributed by atoms with Crippen molar-refractivity contribution in [3.8, 4) is 9.88 Å². The quantitative estimate of drug-likeness (QED) is 0.505. The van der Waals surface area contributed by atoms with E-state index in [1.807, 2.05) is 24.3 Å². The van der Waals surface area contributed by atoms with Gasteiger partial charge in [0.05, 0.1) is 20.0 Å². The van der Waals surface area contributed by atoms with Gasteiger partial charge in [0.2, 0.25) is 10.1 Å². The van der Waals surface area contributed by atoms with Crippen LogP contribution in [0.1, 0.15) is 14.7 Å². The molecule has 0 atom stereocenters. The number of hydrogen-bond donors (Lipinski definition) is 1. The van der Waals surface area contributed by atoms with Crippen molar-refractivity contribution in [3.63, 3.8) is 0 Å². The van der Waals surface area contributed by atoms with Gasteiger partial charge in [-0.3, -0.25) is 10.1 Å². The fourth-order valence-corrected chi connectivity index (χ4v) is 4.63. The van der Waals surface area contributed by atoms with Gasteiger partial charge in [-0.2, -0.15) is 13.2 Å². The summed E-state index contributed by atoms with van der Waals surface area (Å²) in [6, 6.07) is 11.1. The summed E-state index contributed by atoms with van der Waals surface area (Å²) in [5.41, 5.74) is 0.875. The molecule has 0 fully saturated rings. The second kappa shape index (κ2) is 6.41. The molecule has 0 aliphatic rings. The Hall–Kier alpha value is -2.37. The number of nitrogens with one attached hydrogen (secondary N) is 1. The molecule has 5 nitrogen and oxygen atoms in total. The number of anilines is 1. The molecule has 132 valence electrons. The lowest BCUT2D eigenvalue weighted by Crippen LogP contribution is -2.09. The van der Waals surface area contributed by atoms with Gasteiger partial charge in [0, 0.05) is 0 Å². The van der Waals surface area contributed by atoms with E-state index in [0.717, 1.165) is 20.1 Å². The monoisotopic (exact) mass is 412 g/mol. The van der Waals surface area contributed by atoms with Crippen LogP contribution in [0, 0.1) is 0 Å². The molecule has 0 bridgehead atoms. The predicted molar refractivity (Wildman–Crippen MR) is 95.8 cm³/mol. The molecule has 0 aliphatic carbocycles. The van der Waals surface area contributed by atoms with Crippen LogP contribution in [0.4, 0.5) is 18.3 Å². The molecule has 11 heteroatoms. The SMILES string of the molecule is O=C(Nc1nnc(C(F)(F)F)s1)c1ccc(-c2nc3ccccc3s2)s1. The van der Waals surface area contributed by atoms with Gasteiger partial charge < -0.3 is 0 Å². The molecule has 0 unspecified atom stereocenters. The lowest BCUT2D eigenvalue weighted by Gasteiger charge is -1.98. The minimum atomic E-state index is -4.58. The van der Waals surface area contributed by atoms with Crippen molar-refractivity contribution in [3.05, 3.63) is 46.3 Å². The summed E-state index contributed by atoms with van der Waals surface area (Å²) < 4.78 is 38.6. The third-order valence-electron chi connectivity index (χ3n) is 3.22. The molecule has 0 aliphatic heterocycles. The molecule has 3 aromatic heterocycles. The molecule has 0 spiro atoms. The molecule has 0 saturated heterocycles. The number of benzene rings is 1. The molecular formula is C15H7F3N4OS3. The Morgan fingerprint density at radius 3 is 2.54 bits per heavy atom. The molecular weight excluding hydrogens is 405 g/mol. The van der Waals surface area contributed by atoms with Crippen molar-refractivity contribution >= 4 is 55.3 Å². The summed E-state index contributed by atoms with van der Waals surface area (Å²) >= 11 is 3.00. The van der Waals surface area contributed by atoms with Crippen LogP contribution < -0.4 is 5.32 Å². The Bertz CT molecular complexity index is 1070. The van der Waals surface area contributed by atoms with Gasteiger partial charge in [0.15, 0.2) is 0 Å². The van der Waals surface area contributed by atoms with E-state index < -0.39 is 17.1 Å². The topological polar surface area (TPSA) is 67.8 Å². The van der Waals surface area contributed by atoms with E-state index in [2.05, 4.69) is 20.5 Å². The Morgan fingerprint density at radius 1 is 1.00 bits per heavy atom. The highest BCUT2D eigenvalue weighted by Gasteiger charge is 2.35. The molecule has 0 saturated carbocycles. The van der Waals surface area contributed by atoms with Crippen LogP contribution in [0.3, 0.4) is 0 Å². The number of fused-ring (bicyclic) bond motifs is 1. The largest absolute Gasteiger partial charge is 0.445 e. The predicted octanol–water partition coefficient (Wildman–Crippen LogP) is 5.15. The number of halogens is 3. The van der Waals surface area contributed by atoms with E-state index in [9.17, 15) is 18.0 Å². The first-order chi connectivity index (χ1) is 12.4. The van der Waals surface area contributed by atoms with Gasteiger partial charge in [0.1, 0.15) is 5.01 Å². The van der Waals surface area contributed by atoms with Gasteiger partial charge in [-0.05, 0) is 24.3 Å². The smallest absolute Gasteiger partial charge is 0.296 e. The maximum Gasteiger partial charge on any atom is 0.445 e. The van der Waals surface area contributed by atoms with Gasteiger partial charge in [-0.1, -0.05) is 23.5 Å². The maximum absolute atomic E-state index is 12.5. The fourth-order valence-electron chi connectivity index (χ4n) is 2.10. The number of nitrogens with zero attached hydrogens (tertiary/aromatic N) is 3. The molecule has 1 amide bonds. The average molecular weight is 412 g/mol. The number of hydrogen-bond acceptors (Lipinski definition) is 7. The molecule has 0 radical (unpaired) electrons. The normalized spacial score (nSPS) is 11.8. The van der Waals surface area contributed by atoms with Crippen molar-refractivity contribution in [2.24, 2.45) is 0 Å². The van der Waals surface area contributed by atoms with Crippen LogP contribution >= 0.6 is 34.0 Å². The average Bonchev–Trinajstić information content (AvgIpc) is 3.32. The first-order valence-electron chi connectivity index (χ1n) is 7.08. The maximum atomic E-state index is 12.5. The Morgan fingerprint density at radius 2 is 1.81 bits per heavy atom. The number of amides is 1. The van der Waals surface area contributed by atoms with Gasteiger partial charge in [0.25, 0.3) is 5.91 Å². The number of thiazole rings is 1. The van der Waals surface area contributed by atoms with Crippen LogP contribution in [0.2, 0.25) is 0 Å². The molecule has 1 aromatic carbocycles. The molecule has 26 heavy (non-hydrogen) atoms. The summed E-state index contributed by atoms with van der Waals surface area (Å²) in [6.45, 7) is 0. The third-order valence-corrected chi connectivity index (χ3v) is 6.40. The number of alkyl halides is 3. The Labute approximate surface area is 156 Å². The first-order valence-corrected chi connectivity index (χ1v) is 9.53. The highest BCUT2D eigenvalue weighted by Crippen LogP contribution is 2.35. The van der Waals surface area contributed by atoms with E-state index in [4.69, 9.17) is 0 Å². The highest BCUT2D eigenvalue weighted by atomic mass is 32.1. The van der Waals surface area contributed by atoms with E-state index in [1.165, 1.54) is 22.7 Å². The molecule has 4 aromatic rings. The minimum absolute atomic E-state index is 0.197. The summed E-state index contributed by atoms with van der Waals surface area (Å²) in [4.78, 5) is 17.9. The van der Waals surface area contributed by atoms with Crippen LogP contribution in [0.5, 0.6) is 0 Å². The fraction of sp³-hybridized carbons (Fsp3) is 0.0667. The highest BCUT2D eigenvalue weighted by molar-refractivity contribution is 7.26. The Kier molecular flexibility index (Phi) is 4.21. The van der Waals surface area contributed by atoms with E-state index >= 15 is 0 Å². The lowest BCUT2D eigenvalue weighted by atomic mass is 10.3. The van der Waals surface area contributed by atoms with Gasteiger partial charge in [-0.15, -0.1) is 32.9 Å². The zero-order valence-corrected chi connectivity index (χ0v) is 15.0. The number of rotatable bonds is 3. The van der Waals surface area contributed by atoms with Crippen molar-refractivity contribution < 1.29 is 18.0 Å². The zero-order valence-electron chi connectivity index (χ0n) is 12.6. The summed E-state index contributed by atoms with van der Waals surface area (Å²) in [7, 11) is 0. The van der Waals surface area contributed by atoms with E-state index in [-0.39, 0.29) is 16.5 Å². The van der Waals surface area contributed by atoms with Gasteiger partial charge >= 0.3 is 6.18 Å². The number of carbonyl (C=O) groups is 1. The second-order valence-electron chi connectivity index (χ2n) is 5.01. The molecule has 1 N–H and O–H groups in total. The Balaban J connectivity index is 1.53. The molecule has 3 heterocycles. The van der Waals surface area contributed by atoms with Crippen LogP contribution in [0.15, 0.2) is 36.4 Å². The minimum Gasteiger partial charge on any atom is -0.296 e. The third kappa shape index (κ3) is 3.32. The molecule has 4 rings (SSSR count). The summed E-state index contributed by atoms with van der Waals surface area (Å²) in [6.07, 6.45) is -4.58. The van der Waals surface area contributed by atoms with Gasteiger partial charge in [-0.25, -0.2) is 4.98 Å². The van der Waals surface area contributed by atoms with Crippen LogP contribution in [0.25, 0.3) is 20.1 Å². The number of thiophene rings is 1. The van der Waals surface area contributed by atoms with Crippen molar-refractivity contribution in [2.45, 2.75) is 6.18 Å². The van der Waals surface area contributed by atoms with E-state index in [0.29, 0.717) is 4.88 Å². The second-order valence-corrected chi connectivity index (χ2v) is 8.11. The first kappa shape index (κ1) is 17.1. The number of carbonyl (C=O) groups excluding carboxylic acids is 1. The van der Waals surface area contributed by atoms with Crippen molar-refractivity contribution in [2.75, 3.05) is 5.32 Å². The van der Waals surface area contributed by atoms with Crippen molar-refractivity contribution in [1.29, 1.82) is 0 Å². The van der Waals surface area contributed by atoms with Crippen LogP contribution in [-0.2, 0) is 6.18 Å². The van der Waals surface area contributed by atoms with Crippen molar-refractivity contribution in [1.82, 2.24) is 15.2 Å². The summed E-state index contributed by atoms with van der Waals surface area (Å²) in [5, 5.41) is 8.21. The standard InChI is InChI=1S/C15H7F3N4OS3/c16-15(17,18)13-21-22-14(26-13)20-11(23)9-5-6-10(24-9)12-19-7-3-1-2-4-8(7)25-12/h1-6H,(H,20,22,23). The summed E-state index contributed by atoms with van der Waals surface area (Å²) in [5.74, 6) is -0.535.